The first-order chi connectivity index (χ1) is 12.1. The topological polar surface area (TPSA) is 70.0 Å². The van der Waals surface area contributed by atoms with Gasteiger partial charge in [0.1, 0.15) is 12.9 Å². The first-order valence-electron chi connectivity index (χ1n) is 9.47. The van der Waals surface area contributed by atoms with Crippen molar-refractivity contribution in [1.82, 2.24) is 4.90 Å². The minimum absolute atomic E-state index is 0.0217. The summed E-state index contributed by atoms with van der Waals surface area (Å²) < 4.78 is 5.92. The number of aldehydes is 1. The number of fused-ring (bicyclic) bond motifs is 1. The average Bonchev–Trinajstić information content (AvgIpc) is 3.32. The van der Waals surface area contributed by atoms with Crippen LogP contribution in [0.3, 0.4) is 0 Å². The lowest BCUT2D eigenvalue weighted by molar-refractivity contribution is -0.155. The number of rotatable bonds is 5. The minimum Gasteiger partial charge on any atom is -0.504 e. The summed E-state index contributed by atoms with van der Waals surface area (Å²) in [6, 6.07) is 3.72. The average molecular weight is 343 g/mol. The van der Waals surface area contributed by atoms with Crippen LogP contribution >= 0.6 is 0 Å². The van der Waals surface area contributed by atoms with Crippen LogP contribution in [0.15, 0.2) is 12.1 Å². The number of hydrogen-bond acceptors (Lipinski definition) is 5. The van der Waals surface area contributed by atoms with Crippen LogP contribution in [0.2, 0.25) is 0 Å². The number of aromatic hydroxyl groups is 1. The van der Waals surface area contributed by atoms with Gasteiger partial charge in [0, 0.05) is 24.6 Å². The number of phenols is 1. The molecule has 134 valence electrons. The van der Waals surface area contributed by atoms with Crippen molar-refractivity contribution in [3.8, 4) is 11.5 Å². The maximum atomic E-state index is 11.9. The predicted octanol–water partition coefficient (Wildman–Crippen LogP) is 1.77. The highest BCUT2D eigenvalue weighted by molar-refractivity contribution is 5.61. The number of carbonyl (C=O) groups excluding carboxylic acids is 1. The van der Waals surface area contributed by atoms with Gasteiger partial charge in [0.15, 0.2) is 11.5 Å². The van der Waals surface area contributed by atoms with Crippen LogP contribution in [0.5, 0.6) is 11.5 Å². The molecule has 2 N–H and O–H groups in total. The molecule has 2 unspecified atom stereocenters. The number of benzene rings is 1. The van der Waals surface area contributed by atoms with Gasteiger partial charge in [-0.25, -0.2) is 0 Å². The number of likely N-dealkylation sites (tertiary alicyclic amines) is 1. The van der Waals surface area contributed by atoms with Crippen LogP contribution in [0, 0.1) is 5.92 Å². The molecule has 2 heterocycles. The van der Waals surface area contributed by atoms with E-state index in [-0.39, 0.29) is 11.8 Å². The quantitative estimate of drug-likeness (QED) is 0.798. The Labute approximate surface area is 147 Å². The van der Waals surface area contributed by atoms with E-state index in [1.807, 2.05) is 6.07 Å². The number of nitrogens with zero attached hydrogens (tertiary/aromatic N) is 1. The third kappa shape index (κ3) is 1.99. The second kappa shape index (κ2) is 5.21. The monoisotopic (exact) mass is 343 g/mol. The number of piperidine rings is 1. The maximum Gasteiger partial charge on any atom is 0.165 e. The smallest absolute Gasteiger partial charge is 0.165 e. The van der Waals surface area contributed by atoms with Crippen molar-refractivity contribution in [2.45, 2.75) is 55.6 Å². The van der Waals surface area contributed by atoms with Crippen molar-refractivity contribution in [2.75, 3.05) is 19.7 Å². The SMILES string of the molecule is O=CCCC1(O)C2Cc3ccc(O)c4c3[C@@]1(CCN2CC1CC1)CO4. The Kier molecular flexibility index (Phi) is 3.26. The molecule has 1 saturated carbocycles. The van der Waals surface area contributed by atoms with Crippen molar-refractivity contribution < 1.29 is 19.7 Å². The fourth-order valence-electron chi connectivity index (χ4n) is 5.63. The molecule has 4 aliphatic rings. The zero-order chi connectivity index (χ0) is 17.2. The van der Waals surface area contributed by atoms with E-state index >= 15 is 0 Å². The molecule has 3 atom stereocenters. The lowest BCUT2D eigenvalue weighted by Gasteiger charge is -2.59. The van der Waals surface area contributed by atoms with Gasteiger partial charge in [-0.15, -0.1) is 0 Å². The molecule has 5 heteroatoms. The molecule has 0 amide bonds. The number of phenolic OH excluding ortho intramolecular Hbond substituents is 1. The summed E-state index contributed by atoms with van der Waals surface area (Å²) in [5.74, 6) is 1.48. The Morgan fingerprint density at radius 2 is 2.20 bits per heavy atom. The number of ether oxygens (including phenoxy) is 1. The second-order valence-corrected chi connectivity index (χ2v) is 8.36. The molecular formula is C20H25NO4. The highest BCUT2D eigenvalue weighted by Crippen LogP contribution is 2.60. The van der Waals surface area contributed by atoms with Crippen molar-refractivity contribution >= 4 is 6.29 Å². The van der Waals surface area contributed by atoms with E-state index in [2.05, 4.69) is 4.90 Å². The van der Waals surface area contributed by atoms with Gasteiger partial charge in [-0.2, -0.15) is 0 Å². The van der Waals surface area contributed by atoms with Crippen LogP contribution in [0.4, 0.5) is 0 Å². The Balaban J connectivity index is 1.64. The van der Waals surface area contributed by atoms with E-state index in [1.54, 1.807) is 6.07 Å². The van der Waals surface area contributed by atoms with Crippen LogP contribution in [-0.2, 0) is 16.6 Å². The van der Waals surface area contributed by atoms with Gasteiger partial charge in [-0.05, 0) is 56.2 Å². The molecule has 25 heavy (non-hydrogen) atoms. The van der Waals surface area contributed by atoms with Crippen molar-refractivity contribution in [3.05, 3.63) is 23.3 Å². The van der Waals surface area contributed by atoms with Crippen LogP contribution < -0.4 is 4.74 Å². The summed E-state index contributed by atoms with van der Waals surface area (Å²) in [5, 5.41) is 22.2. The predicted molar refractivity (Wildman–Crippen MR) is 91.9 cm³/mol. The fourth-order valence-corrected chi connectivity index (χ4v) is 5.63. The van der Waals surface area contributed by atoms with Gasteiger partial charge in [0.05, 0.1) is 11.0 Å². The minimum atomic E-state index is -0.979. The molecule has 2 bridgehead atoms. The van der Waals surface area contributed by atoms with Crippen LogP contribution in [0.25, 0.3) is 0 Å². The Morgan fingerprint density at radius 1 is 1.36 bits per heavy atom. The van der Waals surface area contributed by atoms with Crippen molar-refractivity contribution in [2.24, 2.45) is 5.92 Å². The second-order valence-electron chi connectivity index (χ2n) is 8.36. The highest BCUT2D eigenvalue weighted by atomic mass is 16.5. The van der Waals surface area contributed by atoms with Crippen LogP contribution in [-0.4, -0.2) is 52.7 Å². The van der Waals surface area contributed by atoms with E-state index in [0.29, 0.717) is 25.2 Å². The van der Waals surface area contributed by atoms with E-state index < -0.39 is 11.0 Å². The molecule has 0 aromatic heterocycles. The highest BCUT2D eigenvalue weighted by Gasteiger charge is 2.66. The van der Waals surface area contributed by atoms with Gasteiger partial charge in [-0.3, -0.25) is 4.90 Å². The summed E-state index contributed by atoms with van der Waals surface area (Å²) in [6.07, 6.45) is 5.88. The van der Waals surface area contributed by atoms with Gasteiger partial charge in [-0.1, -0.05) is 6.07 Å². The third-order valence-corrected chi connectivity index (χ3v) is 7.06. The van der Waals surface area contributed by atoms with E-state index in [9.17, 15) is 15.0 Å². The first kappa shape index (κ1) is 15.6. The lowest BCUT2D eigenvalue weighted by atomic mass is 9.54. The zero-order valence-corrected chi connectivity index (χ0v) is 14.4. The van der Waals surface area contributed by atoms with E-state index in [1.165, 1.54) is 18.4 Å². The summed E-state index contributed by atoms with van der Waals surface area (Å²) in [6.45, 7) is 2.39. The van der Waals surface area contributed by atoms with Crippen molar-refractivity contribution in [1.29, 1.82) is 0 Å². The number of hydrogen-bond donors (Lipinski definition) is 2. The Morgan fingerprint density at radius 3 is 2.96 bits per heavy atom. The summed E-state index contributed by atoms with van der Waals surface area (Å²) in [4.78, 5) is 13.5. The Bertz CT molecular complexity index is 731. The van der Waals surface area contributed by atoms with Crippen molar-refractivity contribution in [3.63, 3.8) is 0 Å². The van der Waals surface area contributed by atoms with Gasteiger partial charge < -0.3 is 19.7 Å². The standard InChI is InChI=1S/C20H25NO4/c22-9-1-6-20(24)16-10-14-4-5-15(23)18-17(14)19(20,12-25-18)7-8-21(16)11-13-2-3-13/h4-5,9,13,16,23-24H,1-3,6-8,10-12H2/t16?,19-,20?/m1/s1. The van der Waals surface area contributed by atoms with Gasteiger partial charge >= 0.3 is 0 Å². The maximum absolute atomic E-state index is 11.9. The molecule has 1 aromatic carbocycles. The molecule has 1 spiro atoms. The third-order valence-electron chi connectivity index (χ3n) is 7.06. The van der Waals surface area contributed by atoms with Gasteiger partial charge in [0.25, 0.3) is 0 Å². The normalized spacial score (nSPS) is 36.0. The molecular weight excluding hydrogens is 318 g/mol. The lowest BCUT2D eigenvalue weighted by Crippen LogP contribution is -2.72. The molecule has 2 aliphatic carbocycles. The molecule has 5 rings (SSSR count). The first-order valence-corrected chi connectivity index (χ1v) is 9.47. The molecule has 1 saturated heterocycles. The molecule has 2 fully saturated rings. The molecule has 2 aliphatic heterocycles. The molecule has 0 radical (unpaired) electrons. The summed E-state index contributed by atoms with van der Waals surface area (Å²) in [7, 11) is 0. The molecule has 1 aromatic rings. The summed E-state index contributed by atoms with van der Waals surface area (Å²) in [5.41, 5.74) is 0.713. The van der Waals surface area contributed by atoms with Gasteiger partial charge in [0.2, 0.25) is 0 Å². The number of aliphatic hydroxyl groups is 1. The largest absolute Gasteiger partial charge is 0.504 e. The fraction of sp³-hybridized carbons (Fsp3) is 0.650. The van der Waals surface area contributed by atoms with Crippen LogP contribution in [0.1, 0.15) is 43.2 Å². The summed E-state index contributed by atoms with van der Waals surface area (Å²) >= 11 is 0. The molecule has 5 nitrogen and oxygen atoms in total. The van der Waals surface area contributed by atoms with E-state index in [0.717, 1.165) is 43.7 Å². The number of carbonyl (C=O) groups is 1. The zero-order valence-electron chi connectivity index (χ0n) is 14.4. The van der Waals surface area contributed by atoms with E-state index in [4.69, 9.17) is 4.74 Å². The Hall–Kier alpha value is -1.59.